The third kappa shape index (κ3) is 3.59. The SMILES string of the molecule is O=CCCNO. The van der Waals surface area contributed by atoms with Crippen molar-refractivity contribution in [2.75, 3.05) is 6.54 Å². The number of hydroxylamine groups is 1. The molecule has 0 fully saturated rings. The summed E-state index contributed by atoms with van der Waals surface area (Å²) >= 11 is 0. The van der Waals surface area contributed by atoms with Crippen LogP contribution in [0.4, 0.5) is 0 Å². The van der Waals surface area contributed by atoms with Gasteiger partial charge in [-0.1, -0.05) is 0 Å². The van der Waals surface area contributed by atoms with Crippen molar-refractivity contribution in [1.29, 1.82) is 0 Å². The van der Waals surface area contributed by atoms with Gasteiger partial charge in [-0.3, -0.25) is 0 Å². The van der Waals surface area contributed by atoms with E-state index in [1.165, 1.54) is 0 Å². The van der Waals surface area contributed by atoms with Crippen molar-refractivity contribution < 1.29 is 10.0 Å². The van der Waals surface area contributed by atoms with E-state index in [-0.39, 0.29) is 0 Å². The normalized spacial score (nSPS) is 8.17. The highest BCUT2D eigenvalue weighted by atomic mass is 16.5. The Balaban J connectivity index is 2.49. The van der Waals surface area contributed by atoms with Crippen molar-refractivity contribution >= 4 is 6.29 Å². The molecule has 3 nitrogen and oxygen atoms in total. The van der Waals surface area contributed by atoms with E-state index in [0.717, 1.165) is 6.29 Å². The van der Waals surface area contributed by atoms with E-state index in [1.807, 2.05) is 5.48 Å². The lowest BCUT2D eigenvalue weighted by Gasteiger charge is -1.83. The number of carbonyl (C=O) groups excluding carboxylic acids is 1. The van der Waals surface area contributed by atoms with Crippen molar-refractivity contribution in [2.45, 2.75) is 6.42 Å². The fourth-order valence-electron chi connectivity index (χ4n) is 0.123. The van der Waals surface area contributed by atoms with Crippen molar-refractivity contribution in [3.63, 3.8) is 0 Å². The molecule has 0 aromatic carbocycles. The molecule has 0 saturated carbocycles. The van der Waals surface area contributed by atoms with Gasteiger partial charge in [0.2, 0.25) is 0 Å². The number of carbonyl (C=O) groups is 1. The van der Waals surface area contributed by atoms with Crippen LogP contribution >= 0.6 is 0 Å². The summed E-state index contributed by atoms with van der Waals surface area (Å²) in [6, 6.07) is 0. The van der Waals surface area contributed by atoms with E-state index < -0.39 is 0 Å². The van der Waals surface area contributed by atoms with Crippen LogP contribution in [-0.4, -0.2) is 18.0 Å². The van der Waals surface area contributed by atoms with Crippen molar-refractivity contribution in [1.82, 2.24) is 5.48 Å². The summed E-state index contributed by atoms with van der Waals surface area (Å²) in [5, 5.41) is 7.79. The zero-order valence-corrected chi connectivity index (χ0v) is 3.35. The maximum atomic E-state index is 9.41. The molecule has 0 aliphatic heterocycles. The summed E-state index contributed by atoms with van der Waals surface area (Å²) in [5.74, 6) is 0. The largest absolute Gasteiger partial charge is 0.317 e. The molecule has 0 bridgehead atoms. The van der Waals surface area contributed by atoms with Gasteiger partial charge in [0.1, 0.15) is 6.29 Å². The highest BCUT2D eigenvalue weighted by Crippen LogP contribution is 1.59. The fourth-order valence-corrected chi connectivity index (χ4v) is 0.123. The zero-order valence-electron chi connectivity index (χ0n) is 3.35. The molecule has 0 aliphatic carbocycles. The van der Waals surface area contributed by atoms with Gasteiger partial charge in [0.15, 0.2) is 0 Å². The van der Waals surface area contributed by atoms with E-state index >= 15 is 0 Å². The minimum Gasteiger partial charge on any atom is -0.317 e. The van der Waals surface area contributed by atoms with Crippen LogP contribution in [0.2, 0.25) is 0 Å². The molecule has 0 aliphatic rings. The Labute approximate surface area is 35.9 Å². The van der Waals surface area contributed by atoms with Gasteiger partial charge in [-0.25, -0.2) is 5.48 Å². The molecule has 36 valence electrons. The Bertz CT molecular complexity index is 37.8. The van der Waals surface area contributed by atoms with Gasteiger partial charge >= 0.3 is 0 Å². The van der Waals surface area contributed by atoms with Crippen molar-refractivity contribution in [3.8, 4) is 0 Å². The second-order valence-electron chi connectivity index (χ2n) is 0.863. The van der Waals surface area contributed by atoms with E-state index in [1.54, 1.807) is 0 Å². The first-order valence-electron chi connectivity index (χ1n) is 1.72. The van der Waals surface area contributed by atoms with Crippen LogP contribution in [0.3, 0.4) is 0 Å². The average molecular weight is 89.1 g/mol. The summed E-state index contributed by atoms with van der Waals surface area (Å²) in [6.45, 7) is 0.351. The van der Waals surface area contributed by atoms with E-state index in [4.69, 9.17) is 5.21 Å². The van der Waals surface area contributed by atoms with Gasteiger partial charge in [0, 0.05) is 13.0 Å². The number of hydrogen-bond donors (Lipinski definition) is 2. The highest BCUT2D eigenvalue weighted by molar-refractivity contribution is 5.49. The van der Waals surface area contributed by atoms with Crippen LogP contribution in [0, 0.1) is 0 Å². The van der Waals surface area contributed by atoms with Gasteiger partial charge in [-0.15, -0.1) is 0 Å². The van der Waals surface area contributed by atoms with E-state index in [0.29, 0.717) is 13.0 Å². The molecule has 0 aromatic rings. The molecule has 0 atom stereocenters. The van der Waals surface area contributed by atoms with Crippen LogP contribution in [0.1, 0.15) is 6.42 Å². The number of rotatable bonds is 3. The molecule has 0 amide bonds. The standard InChI is InChI=1S/C3H7NO2/c5-3-1-2-4-6/h3-4,6H,1-2H2. The topological polar surface area (TPSA) is 49.3 Å². The molecular weight excluding hydrogens is 82.0 g/mol. The molecular formula is C3H7NO2. The molecule has 0 aromatic heterocycles. The first-order chi connectivity index (χ1) is 2.91. The molecule has 6 heavy (non-hydrogen) atoms. The highest BCUT2D eigenvalue weighted by Gasteiger charge is 1.74. The third-order valence-electron chi connectivity index (χ3n) is 0.374. The van der Waals surface area contributed by atoms with Gasteiger partial charge in [0.25, 0.3) is 0 Å². The van der Waals surface area contributed by atoms with E-state index in [9.17, 15) is 4.79 Å². The third-order valence-corrected chi connectivity index (χ3v) is 0.374. The quantitative estimate of drug-likeness (QED) is 0.280. The molecule has 3 heteroatoms. The average Bonchev–Trinajstić information content (AvgIpc) is 1.61. The molecule has 0 radical (unpaired) electrons. The number of hydrogen-bond acceptors (Lipinski definition) is 3. The van der Waals surface area contributed by atoms with Gasteiger partial charge in [-0.05, 0) is 0 Å². The molecule has 0 rings (SSSR count). The Morgan fingerprint density at radius 2 is 2.50 bits per heavy atom. The molecule has 0 heterocycles. The van der Waals surface area contributed by atoms with Crippen molar-refractivity contribution in [3.05, 3.63) is 0 Å². The maximum Gasteiger partial charge on any atom is 0.121 e. The summed E-state index contributed by atoms with van der Waals surface area (Å²) < 4.78 is 0. The smallest absolute Gasteiger partial charge is 0.121 e. The van der Waals surface area contributed by atoms with Gasteiger partial charge in [0.05, 0.1) is 0 Å². The summed E-state index contributed by atoms with van der Waals surface area (Å²) in [6.07, 6.45) is 1.11. The Hall–Kier alpha value is -0.410. The number of nitrogens with one attached hydrogen (secondary N) is 1. The van der Waals surface area contributed by atoms with Crippen LogP contribution < -0.4 is 5.48 Å². The van der Waals surface area contributed by atoms with Crippen molar-refractivity contribution in [2.24, 2.45) is 0 Å². The minimum absolute atomic E-state index is 0.351. The van der Waals surface area contributed by atoms with Crippen LogP contribution in [0.25, 0.3) is 0 Å². The Kier molecular flexibility index (Phi) is 4.28. The van der Waals surface area contributed by atoms with Crippen LogP contribution in [0.5, 0.6) is 0 Å². The van der Waals surface area contributed by atoms with Gasteiger partial charge < -0.3 is 10.0 Å². The molecule has 0 spiro atoms. The minimum atomic E-state index is 0.351. The molecule has 0 unspecified atom stereocenters. The second-order valence-corrected chi connectivity index (χ2v) is 0.863. The molecule has 2 N–H and O–H groups in total. The fraction of sp³-hybridized carbons (Fsp3) is 0.667. The number of aldehydes is 1. The predicted molar refractivity (Wildman–Crippen MR) is 20.5 cm³/mol. The van der Waals surface area contributed by atoms with Crippen LogP contribution in [-0.2, 0) is 4.79 Å². The summed E-state index contributed by atoms with van der Waals surface area (Å²) in [4.78, 5) is 9.41. The Morgan fingerprint density at radius 3 is 2.67 bits per heavy atom. The monoisotopic (exact) mass is 89.0 g/mol. The Morgan fingerprint density at radius 1 is 1.83 bits per heavy atom. The first kappa shape index (κ1) is 5.59. The molecule has 0 saturated heterocycles. The van der Waals surface area contributed by atoms with Crippen LogP contribution in [0.15, 0.2) is 0 Å². The lowest BCUT2D eigenvalue weighted by molar-refractivity contribution is -0.108. The maximum absolute atomic E-state index is 9.41. The lowest BCUT2D eigenvalue weighted by atomic mass is 10.5. The summed E-state index contributed by atoms with van der Waals surface area (Å²) in [7, 11) is 0. The summed E-state index contributed by atoms with van der Waals surface area (Å²) in [5.41, 5.74) is 1.84. The predicted octanol–water partition coefficient (Wildman–Crippen LogP) is -0.446. The second kappa shape index (κ2) is 4.59. The van der Waals surface area contributed by atoms with E-state index in [2.05, 4.69) is 0 Å². The zero-order chi connectivity index (χ0) is 4.83. The van der Waals surface area contributed by atoms with Gasteiger partial charge in [-0.2, -0.15) is 0 Å². The first-order valence-corrected chi connectivity index (χ1v) is 1.72. The lowest BCUT2D eigenvalue weighted by Crippen LogP contribution is -2.08.